The Labute approximate surface area is 156 Å². The number of carbonyl (C=O) groups is 2. The van der Waals surface area contributed by atoms with Crippen LogP contribution in [-0.4, -0.2) is 32.7 Å². The molecule has 0 radical (unpaired) electrons. The lowest BCUT2D eigenvalue weighted by molar-refractivity contribution is -0.119. The van der Waals surface area contributed by atoms with Gasteiger partial charge in [-0.3, -0.25) is 4.79 Å². The van der Waals surface area contributed by atoms with Crippen molar-refractivity contribution in [2.45, 2.75) is 0 Å². The SMILES string of the molecule is COc1ccc(OC)c(C(=O)OCC(=O)Nc2cccc3ccccc23)c1. The van der Waals surface area contributed by atoms with Crippen LogP contribution < -0.4 is 14.8 Å². The van der Waals surface area contributed by atoms with E-state index in [0.717, 1.165) is 10.8 Å². The van der Waals surface area contributed by atoms with Crippen molar-refractivity contribution in [3.63, 3.8) is 0 Å². The third kappa shape index (κ3) is 4.17. The molecule has 0 saturated carbocycles. The van der Waals surface area contributed by atoms with Gasteiger partial charge in [0, 0.05) is 11.1 Å². The molecule has 0 bridgehead atoms. The highest BCUT2D eigenvalue weighted by Crippen LogP contribution is 2.25. The molecule has 0 unspecified atom stereocenters. The Morgan fingerprint density at radius 2 is 1.70 bits per heavy atom. The van der Waals surface area contributed by atoms with Crippen LogP contribution >= 0.6 is 0 Å². The molecule has 6 nitrogen and oxygen atoms in total. The third-order valence-electron chi connectivity index (χ3n) is 4.02. The fourth-order valence-corrected chi connectivity index (χ4v) is 2.70. The summed E-state index contributed by atoms with van der Waals surface area (Å²) in [7, 11) is 2.94. The normalized spacial score (nSPS) is 10.3. The summed E-state index contributed by atoms with van der Waals surface area (Å²) >= 11 is 0. The number of ether oxygens (including phenoxy) is 3. The predicted octanol–water partition coefficient (Wildman–Crippen LogP) is 3.65. The Bertz CT molecular complexity index is 978. The number of fused-ring (bicyclic) bond motifs is 1. The molecule has 0 aliphatic carbocycles. The van der Waals surface area contributed by atoms with Crippen molar-refractivity contribution >= 4 is 28.3 Å². The molecule has 0 aromatic heterocycles. The molecule has 0 aliphatic heterocycles. The Hall–Kier alpha value is -3.54. The van der Waals surface area contributed by atoms with Crippen LogP contribution in [0.4, 0.5) is 5.69 Å². The fourth-order valence-electron chi connectivity index (χ4n) is 2.70. The number of rotatable bonds is 6. The van der Waals surface area contributed by atoms with Crippen LogP contribution in [0, 0.1) is 0 Å². The second-order valence-electron chi connectivity index (χ2n) is 5.72. The smallest absolute Gasteiger partial charge is 0.342 e. The first-order valence-electron chi connectivity index (χ1n) is 8.29. The minimum absolute atomic E-state index is 0.190. The Morgan fingerprint density at radius 3 is 2.48 bits per heavy atom. The van der Waals surface area contributed by atoms with Crippen molar-refractivity contribution in [3.05, 3.63) is 66.2 Å². The van der Waals surface area contributed by atoms with Crippen LogP contribution in [0.15, 0.2) is 60.7 Å². The van der Waals surface area contributed by atoms with Gasteiger partial charge in [-0.15, -0.1) is 0 Å². The molecule has 0 spiro atoms. The second kappa shape index (κ2) is 8.23. The van der Waals surface area contributed by atoms with E-state index in [2.05, 4.69) is 5.32 Å². The van der Waals surface area contributed by atoms with Crippen LogP contribution in [0.1, 0.15) is 10.4 Å². The van der Waals surface area contributed by atoms with Crippen molar-refractivity contribution in [1.29, 1.82) is 0 Å². The van der Waals surface area contributed by atoms with E-state index < -0.39 is 18.5 Å². The van der Waals surface area contributed by atoms with Crippen molar-refractivity contribution in [2.24, 2.45) is 0 Å². The number of anilines is 1. The highest BCUT2D eigenvalue weighted by Gasteiger charge is 2.17. The molecule has 138 valence electrons. The molecule has 1 amide bonds. The van der Waals surface area contributed by atoms with Crippen molar-refractivity contribution in [3.8, 4) is 11.5 Å². The maximum Gasteiger partial charge on any atom is 0.342 e. The maximum atomic E-state index is 12.3. The highest BCUT2D eigenvalue weighted by molar-refractivity contribution is 6.03. The van der Waals surface area contributed by atoms with E-state index in [1.54, 1.807) is 18.2 Å². The molecule has 3 aromatic carbocycles. The number of benzene rings is 3. The summed E-state index contributed by atoms with van der Waals surface area (Å²) in [5.41, 5.74) is 0.850. The lowest BCUT2D eigenvalue weighted by atomic mass is 10.1. The first-order valence-corrected chi connectivity index (χ1v) is 8.29. The summed E-state index contributed by atoms with van der Waals surface area (Å²) in [4.78, 5) is 24.5. The van der Waals surface area contributed by atoms with Crippen molar-refractivity contribution in [1.82, 2.24) is 0 Å². The standard InChI is InChI=1S/C21H19NO5/c1-25-15-10-11-19(26-2)17(12-15)21(24)27-13-20(23)22-18-9-5-7-14-6-3-4-8-16(14)18/h3-12H,13H2,1-2H3,(H,22,23). The van der Waals surface area contributed by atoms with Gasteiger partial charge in [0.15, 0.2) is 6.61 Å². The number of amides is 1. The molecule has 1 N–H and O–H groups in total. The Kier molecular flexibility index (Phi) is 5.56. The van der Waals surface area contributed by atoms with E-state index in [9.17, 15) is 9.59 Å². The number of hydrogen-bond acceptors (Lipinski definition) is 5. The fraction of sp³-hybridized carbons (Fsp3) is 0.143. The van der Waals surface area contributed by atoms with E-state index in [4.69, 9.17) is 14.2 Å². The van der Waals surface area contributed by atoms with Crippen molar-refractivity contribution < 1.29 is 23.8 Å². The summed E-state index contributed by atoms with van der Waals surface area (Å²) in [6.45, 7) is -0.414. The van der Waals surface area contributed by atoms with Crippen LogP contribution in [-0.2, 0) is 9.53 Å². The third-order valence-corrected chi connectivity index (χ3v) is 4.02. The molecular formula is C21H19NO5. The number of methoxy groups -OCH3 is 2. The lowest BCUT2D eigenvalue weighted by Crippen LogP contribution is -2.21. The Balaban J connectivity index is 1.68. The number of hydrogen-bond donors (Lipinski definition) is 1. The highest BCUT2D eigenvalue weighted by atomic mass is 16.5. The molecule has 27 heavy (non-hydrogen) atoms. The van der Waals surface area contributed by atoms with Gasteiger partial charge in [-0.05, 0) is 29.7 Å². The van der Waals surface area contributed by atoms with Crippen LogP contribution in [0.2, 0.25) is 0 Å². The zero-order valence-electron chi connectivity index (χ0n) is 15.0. The molecule has 0 atom stereocenters. The molecule has 0 heterocycles. The van der Waals surface area contributed by atoms with Gasteiger partial charge in [-0.2, -0.15) is 0 Å². The average Bonchev–Trinajstić information content (AvgIpc) is 2.71. The molecule has 3 aromatic rings. The summed E-state index contributed by atoms with van der Waals surface area (Å²) in [5, 5.41) is 4.69. The van der Waals surface area contributed by atoms with E-state index >= 15 is 0 Å². The van der Waals surface area contributed by atoms with Gasteiger partial charge in [0.25, 0.3) is 5.91 Å². The minimum Gasteiger partial charge on any atom is -0.497 e. The largest absolute Gasteiger partial charge is 0.497 e. The zero-order chi connectivity index (χ0) is 19.2. The van der Waals surface area contributed by atoms with Crippen molar-refractivity contribution in [2.75, 3.05) is 26.1 Å². The summed E-state index contributed by atoms with van der Waals surface area (Å²) in [5.74, 6) is -0.265. The maximum absolute atomic E-state index is 12.3. The zero-order valence-corrected chi connectivity index (χ0v) is 15.0. The molecule has 6 heteroatoms. The van der Waals surface area contributed by atoms with Crippen LogP contribution in [0.5, 0.6) is 11.5 Å². The first kappa shape index (κ1) is 18.3. The van der Waals surface area contributed by atoms with Gasteiger partial charge in [-0.1, -0.05) is 36.4 Å². The average molecular weight is 365 g/mol. The monoisotopic (exact) mass is 365 g/mol. The molecule has 0 fully saturated rings. The number of nitrogens with one attached hydrogen (secondary N) is 1. The van der Waals surface area contributed by atoms with Gasteiger partial charge in [-0.25, -0.2) is 4.79 Å². The molecular weight excluding hydrogens is 346 g/mol. The lowest BCUT2D eigenvalue weighted by Gasteiger charge is -2.11. The van der Waals surface area contributed by atoms with Crippen LogP contribution in [0.3, 0.4) is 0 Å². The van der Waals surface area contributed by atoms with Gasteiger partial charge < -0.3 is 19.5 Å². The van der Waals surface area contributed by atoms with E-state index in [1.807, 2.05) is 36.4 Å². The summed E-state index contributed by atoms with van der Waals surface area (Å²) in [6.07, 6.45) is 0. The number of carbonyl (C=O) groups excluding carboxylic acids is 2. The van der Waals surface area contributed by atoms with Gasteiger partial charge in [0.1, 0.15) is 17.1 Å². The molecule has 0 saturated heterocycles. The summed E-state index contributed by atoms with van der Waals surface area (Å²) < 4.78 is 15.4. The topological polar surface area (TPSA) is 73.9 Å². The van der Waals surface area contributed by atoms with E-state index in [0.29, 0.717) is 17.2 Å². The van der Waals surface area contributed by atoms with Crippen LogP contribution in [0.25, 0.3) is 10.8 Å². The molecule has 0 aliphatic rings. The Morgan fingerprint density at radius 1 is 0.926 bits per heavy atom. The van der Waals surface area contributed by atoms with Gasteiger partial charge >= 0.3 is 5.97 Å². The predicted molar refractivity (Wildman–Crippen MR) is 102 cm³/mol. The minimum atomic E-state index is -0.668. The first-order chi connectivity index (χ1) is 13.1. The summed E-state index contributed by atoms with van der Waals surface area (Å²) in [6, 6.07) is 18.1. The van der Waals surface area contributed by atoms with E-state index in [-0.39, 0.29) is 5.56 Å². The quantitative estimate of drug-likeness (QED) is 0.675. The van der Waals surface area contributed by atoms with Gasteiger partial charge in [0.05, 0.1) is 14.2 Å². The molecule has 3 rings (SSSR count). The second-order valence-corrected chi connectivity index (χ2v) is 5.72. The van der Waals surface area contributed by atoms with E-state index in [1.165, 1.54) is 20.3 Å². The number of esters is 1. The van der Waals surface area contributed by atoms with Gasteiger partial charge in [0.2, 0.25) is 0 Å².